The number of rotatable bonds is 12. The summed E-state index contributed by atoms with van der Waals surface area (Å²) in [5, 5.41) is 0. The minimum atomic E-state index is -3.99. The van der Waals surface area contributed by atoms with Crippen LogP contribution in [0.25, 0.3) is 0 Å². The Morgan fingerprint density at radius 2 is 1.05 bits per heavy atom. The summed E-state index contributed by atoms with van der Waals surface area (Å²) in [6.07, 6.45) is 1.54. The maximum atomic E-state index is 11.2. The van der Waals surface area contributed by atoms with Gasteiger partial charge in [-0.05, 0) is 25.7 Å². The van der Waals surface area contributed by atoms with Crippen molar-refractivity contribution in [3.05, 3.63) is 0 Å². The first kappa shape index (κ1) is 20.3. The van der Waals surface area contributed by atoms with E-state index in [2.05, 4.69) is 0 Å². The molecule has 0 aliphatic carbocycles. The molecule has 0 amide bonds. The van der Waals surface area contributed by atoms with Gasteiger partial charge >= 0.3 is 25.9 Å². The molecular weight excluding hydrogens is 327 g/mol. The van der Waals surface area contributed by atoms with E-state index in [0.29, 0.717) is 25.7 Å². The van der Waals surface area contributed by atoms with Gasteiger partial charge in [0, 0.05) is 12.1 Å². The van der Waals surface area contributed by atoms with Gasteiger partial charge in [-0.1, -0.05) is 0 Å². The van der Waals surface area contributed by atoms with Crippen LogP contribution in [0.2, 0.25) is 12.1 Å². The van der Waals surface area contributed by atoms with Gasteiger partial charge in [-0.3, -0.25) is 4.57 Å². The second-order valence-electron chi connectivity index (χ2n) is 4.41. The fourth-order valence-corrected chi connectivity index (χ4v) is 3.44. The molecule has 0 saturated carbocycles. The van der Waals surface area contributed by atoms with Crippen molar-refractivity contribution >= 4 is 25.9 Å². The summed E-state index contributed by atoms with van der Waals surface area (Å²) in [7, 11) is -10.6. The summed E-state index contributed by atoms with van der Waals surface area (Å²) in [4.78, 5) is 52.4. The zero-order valence-corrected chi connectivity index (χ0v) is 14.1. The Morgan fingerprint density at radius 3 is 1.35 bits per heavy atom. The van der Waals surface area contributed by atoms with Gasteiger partial charge in [-0.25, -0.2) is 0 Å². The van der Waals surface area contributed by atoms with E-state index in [4.69, 9.17) is 37.8 Å². The number of hydrogen-bond acceptors (Lipinski definition) is 9. The average molecular weight is 350 g/mol. The average Bonchev–Trinajstić information content (AvgIpc) is 2.25. The third-order valence-corrected chi connectivity index (χ3v) is 5.18. The SMILES string of the molecule is O=[PH](OCCCC[Si](O)(O)O)OCCCC[Si](O)(O)O. The molecule has 0 saturated heterocycles. The quantitative estimate of drug-likeness (QED) is 0.144. The Labute approximate surface area is 120 Å². The van der Waals surface area contributed by atoms with Crippen molar-refractivity contribution < 1.29 is 42.4 Å². The van der Waals surface area contributed by atoms with Crippen LogP contribution in [0.4, 0.5) is 0 Å². The third kappa shape index (κ3) is 16.4. The van der Waals surface area contributed by atoms with Crippen molar-refractivity contribution in [1.29, 1.82) is 0 Å². The second-order valence-corrected chi connectivity index (χ2v) is 9.58. The summed E-state index contributed by atoms with van der Waals surface area (Å²) >= 11 is 0. The van der Waals surface area contributed by atoms with Crippen LogP contribution in [0.3, 0.4) is 0 Å². The molecule has 0 aliphatic heterocycles. The van der Waals surface area contributed by atoms with Crippen LogP contribution in [-0.2, 0) is 13.6 Å². The maximum Gasteiger partial charge on any atom is 0.492 e. The van der Waals surface area contributed by atoms with E-state index in [1.807, 2.05) is 0 Å². The highest BCUT2D eigenvalue weighted by Crippen LogP contribution is 2.25. The lowest BCUT2D eigenvalue weighted by molar-refractivity contribution is 0.210. The first-order valence-corrected chi connectivity index (χ1v) is 11.6. The van der Waals surface area contributed by atoms with Crippen LogP contribution >= 0.6 is 8.25 Å². The first-order valence-electron chi connectivity index (χ1n) is 6.24. The van der Waals surface area contributed by atoms with Gasteiger partial charge in [0.1, 0.15) is 0 Å². The standard InChI is InChI=1S/C8H23O9PSi2/c9-18(16-5-1-3-7-19(10,11)12)17-6-2-4-8-20(13,14)15/h10-15,18H,1-8H2. The molecule has 0 heterocycles. The van der Waals surface area contributed by atoms with Crippen LogP contribution in [0, 0.1) is 0 Å². The molecule has 0 aliphatic rings. The fraction of sp³-hybridized carbons (Fsp3) is 1.00. The minimum absolute atomic E-state index is 0.0900. The van der Waals surface area contributed by atoms with E-state index in [1.165, 1.54) is 0 Å². The molecule has 0 fully saturated rings. The summed E-state index contributed by atoms with van der Waals surface area (Å²) in [5.74, 6) is 0. The Bertz CT molecular complexity index is 252. The zero-order valence-electron chi connectivity index (χ0n) is 11.1. The molecule has 0 aromatic rings. The Kier molecular flexibility index (Phi) is 10.3. The molecule has 0 rings (SSSR count). The van der Waals surface area contributed by atoms with Crippen LogP contribution in [0.5, 0.6) is 0 Å². The molecule has 9 nitrogen and oxygen atoms in total. The predicted molar refractivity (Wildman–Crippen MR) is 73.8 cm³/mol. The third-order valence-electron chi connectivity index (χ3n) is 2.25. The van der Waals surface area contributed by atoms with E-state index < -0.39 is 25.9 Å². The molecule has 0 bridgehead atoms. The predicted octanol–water partition coefficient (Wildman–Crippen LogP) is -1.20. The van der Waals surface area contributed by atoms with E-state index in [1.54, 1.807) is 0 Å². The summed E-state index contributed by atoms with van der Waals surface area (Å²) < 4.78 is 20.9. The van der Waals surface area contributed by atoms with Gasteiger partial charge in [0.15, 0.2) is 0 Å². The van der Waals surface area contributed by atoms with Crippen molar-refractivity contribution in [2.45, 2.75) is 37.8 Å². The van der Waals surface area contributed by atoms with Crippen molar-refractivity contribution in [2.24, 2.45) is 0 Å². The summed E-state index contributed by atoms with van der Waals surface area (Å²) in [6.45, 7) is 0.254. The summed E-state index contributed by atoms with van der Waals surface area (Å²) in [6, 6.07) is -0.180. The highest BCUT2D eigenvalue weighted by Gasteiger charge is 2.26. The normalized spacial score (nSPS) is 13.2. The Balaban J connectivity index is 3.38. The molecule has 20 heavy (non-hydrogen) atoms. The van der Waals surface area contributed by atoms with Gasteiger partial charge in [0.05, 0.1) is 13.2 Å². The van der Waals surface area contributed by atoms with E-state index in [-0.39, 0.29) is 25.3 Å². The van der Waals surface area contributed by atoms with Crippen molar-refractivity contribution in [2.75, 3.05) is 13.2 Å². The lowest BCUT2D eigenvalue weighted by Crippen LogP contribution is -2.34. The van der Waals surface area contributed by atoms with E-state index >= 15 is 0 Å². The van der Waals surface area contributed by atoms with Crippen molar-refractivity contribution in [1.82, 2.24) is 0 Å². The lowest BCUT2D eigenvalue weighted by Gasteiger charge is -2.10. The maximum absolute atomic E-state index is 11.2. The van der Waals surface area contributed by atoms with Crippen LogP contribution in [0.15, 0.2) is 0 Å². The molecule has 0 atom stereocenters. The molecule has 12 heteroatoms. The molecule has 0 aromatic carbocycles. The first-order chi connectivity index (χ1) is 9.10. The van der Waals surface area contributed by atoms with Gasteiger partial charge in [-0.15, -0.1) is 0 Å². The lowest BCUT2D eigenvalue weighted by atomic mass is 10.4. The molecule has 122 valence electrons. The highest BCUT2D eigenvalue weighted by molar-refractivity contribution is 7.33. The van der Waals surface area contributed by atoms with Gasteiger partial charge in [-0.2, -0.15) is 0 Å². The fourth-order valence-electron chi connectivity index (χ4n) is 1.28. The highest BCUT2D eigenvalue weighted by atomic mass is 31.1. The summed E-state index contributed by atoms with van der Waals surface area (Å²) in [5.41, 5.74) is 0. The van der Waals surface area contributed by atoms with Crippen LogP contribution in [0.1, 0.15) is 25.7 Å². The van der Waals surface area contributed by atoms with Gasteiger partial charge in [0.25, 0.3) is 0 Å². The van der Waals surface area contributed by atoms with Crippen LogP contribution in [-0.4, -0.2) is 59.6 Å². The molecule has 0 unspecified atom stereocenters. The Hall–Kier alpha value is 0.344. The topological polar surface area (TPSA) is 157 Å². The van der Waals surface area contributed by atoms with Crippen LogP contribution < -0.4 is 0 Å². The minimum Gasteiger partial charge on any atom is -0.390 e. The number of unbranched alkanes of at least 4 members (excludes halogenated alkanes) is 2. The molecular formula is C8H23O9PSi2. The largest absolute Gasteiger partial charge is 0.492 e. The van der Waals surface area contributed by atoms with E-state index in [9.17, 15) is 4.57 Å². The van der Waals surface area contributed by atoms with Gasteiger partial charge < -0.3 is 37.8 Å². The van der Waals surface area contributed by atoms with E-state index in [0.717, 1.165) is 0 Å². The molecule has 6 N–H and O–H groups in total. The Morgan fingerprint density at radius 1 is 0.700 bits per heavy atom. The number of hydrogen-bond donors (Lipinski definition) is 6. The van der Waals surface area contributed by atoms with Crippen molar-refractivity contribution in [3.63, 3.8) is 0 Å². The smallest absolute Gasteiger partial charge is 0.390 e. The molecule has 0 spiro atoms. The second kappa shape index (κ2) is 10.1. The van der Waals surface area contributed by atoms with Crippen molar-refractivity contribution in [3.8, 4) is 0 Å². The zero-order chi connectivity index (χ0) is 15.6. The molecule has 0 radical (unpaired) electrons. The monoisotopic (exact) mass is 350 g/mol. The molecule has 0 aromatic heterocycles. The van der Waals surface area contributed by atoms with Gasteiger partial charge in [0.2, 0.25) is 0 Å².